The highest BCUT2D eigenvalue weighted by atomic mass is 35.5. The molecule has 4 nitrogen and oxygen atoms in total. The molecule has 6 heteroatoms. The van der Waals surface area contributed by atoms with Crippen LogP contribution in [0.5, 0.6) is 0 Å². The number of nitrogens with one attached hydrogen (secondary N) is 1. The van der Waals surface area contributed by atoms with Crippen LogP contribution in [-0.4, -0.2) is 18.0 Å². The molecule has 0 spiro atoms. The number of halogens is 2. The molecular weight excluding hydrogens is 345 g/mol. The largest absolute Gasteiger partial charge is 0.452 e. The highest BCUT2D eigenvalue weighted by Gasteiger charge is 2.19. The lowest BCUT2D eigenvalue weighted by Crippen LogP contribution is -2.30. The Bertz CT molecular complexity index is 807. The van der Waals surface area contributed by atoms with Crippen LogP contribution in [-0.2, 0) is 20.7 Å². The Kier molecular flexibility index (Phi) is 6.15. The van der Waals surface area contributed by atoms with E-state index < -0.39 is 23.8 Å². The van der Waals surface area contributed by atoms with E-state index in [9.17, 15) is 14.0 Å². The Morgan fingerprint density at radius 3 is 2.52 bits per heavy atom. The third kappa shape index (κ3) is 5.29. The van der Waals surface area contributed by atoms with Crippen molar-refractivity contribution in [2.75, 3.05) is 5.32 Å². The van der Waals surface area contributed by atoms with Crippen molar-refractivity contribution in [2.45, 2.75) is 33.3 Å². The van der Waals surface area contributed by atoms with Gasteiger partial charge in [-0.25, -0.2) is 4.39 Å². The molecule has 0 saturated carbocycles. The lowest BCUT2D eigenvalue weighted by atomic mass is 10.0. The van der Waals surface area contributed by atoms with Crippen molar-refractivity contribution in [2.24, 2.45) is 0 Å². The maximum atomic E-state index is 13.7. The van der Waals surface area contributed by atoms with Crippen molar-refractivity contribution < 1.29 is 18.7 Å². The van der Waals surface area contributed by atoms with E-state index in [-0.39, 0.29) is 17.1 Å². The number of ether oxygens (including phenoxy) is 1. The lowest BCUT2D eigenvalue weighted by Gasteiger charge is -2.14. The third-order valence-electron chi connectivity index (χ3n) is 3.79. The summed E-state index contributed by atoms with van der Waals surface area (Å²) in [6.07, 6.45) is -0.984. The number of aryl methyl sites for hydroxylation is 2. The lowest BCUT2D eigenvalue weighted by molar-refractivity contribution is -0.152. The molecule has 132 valence electrons. The minimum atomic E-state index is -1.05. The molecule has 0 saturated heterocycles. The van der Waals surface area contributed by atoms with Crippen LogP contribution in [0.3, 0.4) is 0 Å². The number of hydrogen-bond acceptors (Lipinski definition) is 3. The smallest absolute Gasteiger partial charge is 0.311 e. The average Bonchev–Trinajstić information content (AvgIpc) is 2.53. The molecule has 2 aromatic rings. The molecule has 1 N–H and O–H groups in total. The van der Waals surface area contributed by atoms with Crippen LogP contribution in [0.2, 0.25) is 5.02 Å². The van der Waals surface area contributed by atoms with E-state index >= 15 is 0 Å². The summed E-state index contributed by atoms with van der Waals surface area (Å²) in [6.45, 7) is 5.38. The highest BCUT2D eigenvalue weighted by molar-refractivity contribution is 6.30. The van der Waals surface area contributed by atoms with Gasteiger partial charge in [-0.2, -0.15) is 0 Å². The maximum absolute atomic E-state index is 13.7. The topological polar surface area (TPSA) is 55.4 Å². The quantitative estimate of drug-likeness (QED) is 0.809. The van der Waals surface area contributed by atoms with Crippen LogP contribution in [0.1, 0.15) is 23.6 Å². The Balaban J connectivity index is 1.93. The zero-order valence-electron chi connectivity index (χ0n) is 14.2. The van der Waals surface area contributed by atoms with Gasteiger partial charge in [-0.1, -0.05) is 29.8 Å². The Labute approximate surface area is 150 Å². The Morgan fingerprint density at radius 1 is 1.16 bits per heavy atom. The number of esters is 1. The summed E-state index contributed by atoms with van der Waals surface area (Å²) in [6, 6.07) is 9.57. The van der Waals surface area contributed by atoms with Gasteiger partial charge in [-0.3, -0.25) is 9.59 Å². The molecule has 25 heavy (non-hydrogen) atoms. The van der Waals surface area contributed by atoms with Crippen LogP contribution in [0.4, 0.5) is 10.1 Å². The summed E-state index contributed by atoms with van der Waals surface area (Å²) in [7, 11) is 0. The van der Waals surface area contributed by atoms with Crippen molar-refractivity contribution in [3.05, 3.63) is 63.9 Å². The van der Waals surface area contributed by atoms with E-state index in [1.807, 2.05) is 32.0 Å². The van der Waals surface area contributed by atoms with Crippen molar-refractivity contribution in [1.82, 2.24) is 0 Å². The zero-order chi connectivity index (χ0) is 18.6. The first kappa shape index (κ1) is 18.9. The number of amides is 1. The molecule has 0 fully saturated rings. The first-order valence-electron chi connectivity index (χ1n) is 7.78. The molecule has 0 unspecified atom stereocenters. The summed E-state index contributed by atoms with van der Waals surface area (Å²) >= 11 is 5.66. The second kappa shape index (κ2) is 8.12. The van der Waals surface area contributed by atoms with E-state index in [0.717, 1.165) is 22.8 Å². The molecule has 0 radical (unpaired) electrons. The molecule has 1 atom stereocenters. The predicted octanol–water partition coefficient (Wildman–Crippen LogP) is 4.21. The van der Waals surface area contributed by atoms with Gasteiger partial charge in [0.15, 0.2) is 6.10 Å². The van der Waals surface area contributed by atoms with Crippen LogP contribution in [0.15, 0.2) is 36.4 Å². The van der Waals surface area contributed by atoms with E-state index in [4.69, 9.17) is 16.3 Å². The molecule has 0 aromatic heterocycles. The molecule has 2 rings (SSSR count). The van der Waals surface area contributed by atoms with Crippen LogP contribution >= 0.6 is 11.6 Å². The SMILES string of the molecule is Cc1ccc(CC(=O)O[C@@H](C)C(=O)Nc2ccc(Cl)cc2F)cc1C. The van der Waals surface area contributed by atoms with Crippen molar-refractivity contribution in [3.8, 4) is 0 Å². The molecule has 0 aliphatic rings. The molecule has 1 amide bonds. The number of carbonyl (C=O) groups excluding carboxylic acids is 2. The molecule has 0 aliphatic heterocycles. The third-order valence-corrected chi connectivity index (χ3v) is 4.02. The van der Waals surface area contributed by atoms with Gasteiger partial charge < -0.3 is 10.1 Å². The van der Waals surface area contributed by atoms with E-state index in [1.165, 1.54) is 19.1 Å². The first-order chi connectivity index (χ1) is 11.8. The molecule has 0 heterocycles. The van der Waals surface area contributed by atoms with Gasteiger partial charge in [0.2, 0.25) is 0 Å². The van der Waals surface area contributed by atoms with Gasteiger partial charge in [0, 0.05) is 5.02 Å². The number of hydrogen-bond donors (Lipinski definition) is 1. The summed E-state index contributed by atoms with van der Waals surface area (Å²) in [5.74, 6) is -1.80. The summed E-state index contributed by atoms with van der Waals surface area (Å²) < 4.78 is 18.8. The van der Waals surface area contributed by atoms with E-state index in [2.05, 4.69) is 5.32 Å². The van der Waals surface area contributed by atoms with E-state index in [1.54, 1.807) is 0 Å². The van der Waals surface area contributed by atoms with Gasteiger partial charge in [0.25, 0.3) is 5.91 Å². The first-order valence-corrected chi connectivity index (χ1v) is 8.15. The van der Waals surface area contributed by atoms with Crippen LogP contribution < -0.4 is 5.32 Å². The van der Waals surface area contributed by atoms with Crippen LogP contribution in [0, 0.1) is 19.7 Å². The van der Waals surface area contributed by atoms with Gasteiger partial charge in [0.05, 0.1) is 12.1 Å². The van der Waals surface area contributed by atoms with Gasteiger partial charge in [-0.05, 0) is 55.7 Å². The molecule has 2 aromatic carbocycles. The summed E-state index contributed by atoms with van der Waals surface area (Å²) in [4.78, 5) is 24.0. The standard InChI is InChI=1S/C19H19ClFNO3/c1-11-4-5-14(8-12(11)2)9-18(23)25-13(3)19(24)22-17-7-6-15(20)10-16(17)21/h4-8,10,13H,9H2,1-3H3,(H,22,24)/t13-/m0/s1. The van der Waals surface area contributed by atoms with Crippen molar-refractivity contribution in [3.63, 3.8) is 0 Å². The number of carbonyl (C=O) groups is 2. The molecular formula is C19H19ClFNO3. The monoisotopic (exact) mass is 363 g/mol. The number of rotatable bonds is 5. The number of anilines is 1. The summed E-state index contributed by atoms with van der Waals surface area (Å²) in [5.41, 5.74) is 3.00. The fraction of sp³-hybridized carbons (Fsp3) is 0.263. The minimum absolute atomic E-state index is 0.0218. The average molecular weight is 364 g/mol. The van der Waals surface area contributed by atoms with Gasteiger partial charge >= 0.3 is 5.97 Å². The fourth-order valence-electron chi connectivity index (χ4n) is 2.20. The van der Waals surface area contributed by atoms with E-state index in [0.29, 0.717) is 0 Å². The minimum Gasteiger partial charge on any atom is -0.452 e. The Morgan fingerprint density at radius 2 is 1.88 bits per heavy atom. The predicted molar refractivity (Wildman–Crippen MR) is 95.2 cm³/mol. The number of benzene rings is 2. The zero-order valence-corrected chi connectivity index (χ0v) is 15.0. The fourth-order valence-corrected chi connectivity index (χ4v) is 2.36. The highest BCUT2D eigenvalue weighted by Crippen LogP contribution is 2.19. The molecule has 0 aliphatic carbocycles. The second-order valence-electron chi connectivity index (χ2n) is 5.84. The Hall–Kier alpha value is -2.40. The second-order valence-corrected chi connectivity index (χ2v) is 6.28. The van der Waals surface area contributed by atoms with Crippen LogP contribution in [0.25, 0.3) is 0 Å². The molecule has 0 bridgehead atoms. The van der Waals surface area contributed by atoms with Crippen molar-refractivity contribution in [1.29, 1.82) is 0 Å². The van der Waals surface area contributed by atoms with Gasteiger partial charge in [0.1, 0.15) is 5.82 Å². The summed E-state index contributed by atoms with van der Waals surface area (Å²) in [5, 5.41) is 2.60. The van der Waals surface area contributed by atoms with Crippen molar-refractivity contribution >= 4 is 29.2 Å². The maximum Gasteiger partial charge on any atom is 0.311 e. The van der Waals surface area contributed by atoms with Gasteiger partial charge in [-0.15, -0.1) is 0 Å². The normalized spacial score (nSPS) is 11.7.